The van der Waals surface area contributed by atoms with Gasteiger partial charge < -0.3 is 10.2 Å². The van der Waals surface area contributed by atoms with Gasteiger partial charge in [-0.15, -0.1) is 0 Å². The van der Waals surface area contributed by atoms with Crippen LogP contribution in [0, 0.1) is 19.3 Å². The van der Waals surface area contributed by atoms with Gasteiger partial charge in [-0.05, 0) is 44.9 Å². The van der Waals surface area contributed by atoms with Gasteiger partial charge in [0.05, 0.1) is 0 Å². The molecule has 0 aliphatic carbocycles. The van der Waals surface area contributed by atoms with Crippen molar-refractivity contribution in [2.24, 2.45) is 5.41 Å². The zero-order valence-corrected chi connectivity index (χ0v) is 10.9. The Labute approximate surface area is 104 Å². The van der Waals surface area contributed by atoms with Crippen LogP contribution >= 0.6 is 0 Å². The maximum atomic E-state index is 3.52. The Morgan fingerprint density at radius 1 is 1.24 bits per heavy atom. The van der Waals surface area contributed by atoms with Crippen molar-refractivity contribution in [3.05, 3.63) is 29.3 Å². The van der Waals surface area contributed by atoms with Crippen molar-refractivity contribution in [2.45, 2.75) is 26.7 Å². The Morgan fingerprint density at radius 3 is 2.82 bits per heavy atom. The van der Waals surface area contributed by atoms with E-state index in [9.17, 15) is 0 Å². The van der Waals surface area contributed by atoms with Crippen LogP contribution in [0.2, 0.25) is 0 Å². The Balaban J connectivity index is 1.82. The summed E-state index contributed by atoms with van der Waals surface area (Å²) in [5.74, 6) is 0. The van der Waals surface area contributed by atoms with Gasteiger partial charge in [0.15, 0.2) is 0 Å². The summed E-state index contributed by atoms with van der Waals surface area (Å²) in [6.07, 6.45) is 2.71. The average molecular weight is 230 g/mol. The van der Waals surface area contributed by atoms with E-state index in [0.29, 0.717) is 5.41 Å². The van der Waals surface area contributed by atoms with E-state index < -0.39 is 0 Å². The van der Waals surface area contributed by atoms with E-state index in [2.05, 4.69) is 42.3 Å². The Hall–Kier alpha value is -1.02. The van der Waals surface area contributed by atoms with Crippen LogP contribution in [0.15, 0.2) is 18.2 Å². The molecule has 1 aromatic rings. The number of rotatable bonds is 1. The molecule has 2 nitrogen and oxygen atoms in total. The third kappa shape index (κ3) is 1.95. The molecule has 2 heteroatoms. The van der Waals surface area contributed by atoms with E-state index in [-0.39, 0.29) is 0 Å². The molecule has 2 aliphatic rings. The lowest BCUT2D eigenvalue weighted by atomic mass is 9.86. The Bertz CT molecular complexity index is 419. The molecule has 1 spiro atoms. The van der Waals surface area contributed by atoms with Crippen molar-refractivity contribution in [1.29, 1.82) is 0 Å². The molecular formula is C15H22N2. The predicted molar refractivity (Wildman–Crippen MR) is 72.7 cm³/mol. The standard InChI is InChI=1S/C15H22N2/c1-12-3-4-14(13(2)9-12)17-8-6-15(11-17)5-7-16-10-15/h3-4,9,16H,5-8,10-11H2,1-2H3. The minimum absolute atomic E-state index is 0.567. The first kappa shape index (κ1) is 11.1. The molecule has 1 atom stereocenters. The van der Waals surface area contributed by atoms with E-state index in [4.69, 9.17) is 0 Å². The molecule has 2 fully saturated rings. The van der Waals surface area contributed by atoms with Crippen molar-refractivity contribution in [3.8, 4) is 0 Å². The molecule has 0 amide bonds. The second kappa shape index (κ2) is 4.02. The highest BCUT2D eigenvalue weighted by Gasteiger charge is 2.40. The third-order valence-electron chi connectivity index (χ3n) is 4.46. The maximum Gasteiger partial charge on any atom is 0.0396 e. The fraction of sp³-hybridized carbons (Fsp3) is 0.600. The highest BCUT2D eigenvalue weighted by molar-refractivity contribution is 5.55. The van der Waals surface area contributed by atoms with Gasteiger partial charge in [-0.3, -0.25) is 0 Å². The molecule has 1 aromatic carbocycles. The van der Waals surface area contributed by atoms with E-state index in [0.717, 1.165) is 0 Å². The SMILES string of the molecule is Cc1ccc(N2CCC3(CCNC3)C2)c(C)c1. The quantitative estimate of drug-likeness (QED) is 0.797. The lowest BCUT2D eigenvalue weighted by Crippen LogP contribution is -2.29. The molecular weight excluding hydrogens is 208 g/mol. The number of benzene rings is 1. The maximum absolute atomic E-state index is 3.52. The van der Waals surface area contributed by atoms with Crippen LogP contribution < -0.4 is 10.2 Å². The molecule has 1 N–H and O–H groups in total. The normalized spacial score (nSPS) is 28.2. The molecule has 92 valence electrons. The van der Waals surface area contributed by atoms with Gasteiger partial charge in [0.2, 0.25) is 0 Å². The van der Waals surface area contributed by atoms with Crippen LogP contribution in [0.4, 0.5) is 5.69 Å². The van der Waals surface area contributed by atoms with Gasteiger partial charge in [-0.1, -0.05) is 17.7 Å². The van der Waals surface area contributed by atoms with Crippen LogP contribution in [0.5, 0.6) is 0 Å². The summed E-state index contributed by atoms with van der Waals surface area (Å²) in [5, 5.41) is 3.52. The first-order valence-electron chi connectivity index (χ1n) is 6.72. The van der Waals surface area contributed by atoms with E-state index in [1.807, 2.05) is 0 Å². The van der Waals surface area contributed by atoms with E-state index in [1.165, 1.54) is 55.8 Å². The van der Waals surface area contributed by atoms with Gasteiger partial charge in [-0.2, -0.15) is 0 Å². The highest BCUT2D eigenvalue weighted by atomic mass is 15.2. The van der Waals surface area contributed by atoms with Gasteiger partial charge in [-0.25, -0.2) is 0 Å². The average Bonchev–Trinajstić information content (AvgIpc) is 2.90. The molecule has 17 heavy (non-hydrogen) atoms. The zero-order valence-electron chi connectivity index (χ0n) is 10.9. The first-order chi connectivity index (χ1) is 8.19. The molecule has 0 saturated carbocycles. The minimum Gasteiger partial charge on any atom is -0.371 e. The fourth-order valence-electron chi connectivity index (χ4n) is 3.44. The molecule has 0 bridgehead atoms. The van der Waals surface area contributed by atoms with Crippen LogP contribution in [-0.4, -0.2) is 26.2 Å². The Morgan fingerprint density at radius 2 is 2.12 bits per heavy atom. The van der Waals surface area contributed by atoms with Crippen molar-refractivity contribution in [2.75, 3.05) is 31.1 Å². The van der Waals surface area contributed by atoms with Crippen LogP contribution in [0.1, 0.15) is 24.0 Å². The lowest BCUT2D eigenvalue weighted by molar-refractivity contribution is 0.369. The smallest absolute Gasteiger partial charge is 0.0396 e. The molecule has 1 unspecified atom stereocenters. The van der Waals surface area contributed by atoms with Crippen molar-refractivity contribution in [3.63, 3.8) is 0 Å². The summed E-state index contributed by atoms with van der Waals surface area (Å²) >= 11 is 0. The minimum atomic E-state index is 0.567. The van der Waals surface area contributed by atoms with Gasteiger partial charge in [0, 0.05) is 30.7 Å². The highest BCUT2D eigenvalue weighted by Crippen LogP contribution is 2.38. The van der Waals surface area contributed by atoms with Crippen molar-refractivity contribution < 1.29 is 0 Å². The summed E-state index contributed by atoms with van der Waals surface area (Å²) in [7, 11) is 0. The molecule has 0 radical (unpaired) electrons. The summed E-state index contributed by atoms with van der Waals surface area (Å²) in [5.41, 5.74) is 4.80. The van der Waals surface area contributed by atoms with E-state index in [1.54, 1.807) is 0 Å². The lowest BCUT2D eigenvalue weighted by Gasteiger charge is -2.25. The van der Waals surface area contributed by atoms with Gasteiger partial charge >= 0.3 is 0 Å². The third-order valence-corrected chi connectivity index (χ3v) is 4.46. The molecule has 2 aliphatic heterocycles. The second-order valence-corrected chi connectivity index (χ2v) is 5.89. The van der Waals surface area contributed by atoms with Crippen LogP contribution in [0.3, 0.4) is 0 Å². The Kier molecular flexibility index (Phi) is 2.62. The van der Waals surface area contributed by atoms with Crippen LogP contribution in [-0.2, 0) is 0 Å². The largest absolute Gasteiger partial charge is 0.371 e. The molecule has 0 aromatic heterocycles. The monoisotopic (exact) mass is 230 g/mol. The van der Waals surface area contributed by atoms with Gasteiger partial charge in [0.1, 0.15) is 0 Å². The van der Waals surface area contributed by atoms with Gasteiger partial charge in [0.25, 0.3) is 0 Å². The number of nitrogens with zero attached hydrogens (tertiary/aromatic N) is 1. The summed E-state index contributed by atoms with van der Waals surface area (Å²) in [4.78, 5) is 2.59. The van der Waals surface area contributed by atoms with E-state index >= 15 is 0 Å². The first-order valence-corrected chi connectivity index (χ1v) is 6.72. The number of aryl methyl sites for hydroxylation is 2. The molecule has 2 saturated heterocycles. The predicted octanol–water partition coefficient (Wildman–Crippen LogP) is 2.49. The topological polar surface area (TPSA) is 15.3 Å². The van der Waals surface area contributed by atoms with Crippen LogP contribution in [0.25, 0.3) is 0 Å². The number of hydrogen-bond acceptors (Lipinski definition) is 2. The summed E-state index contributed by atoms with van der Waals surface area (Å²) < 4.78 is 0. The second-order valence-electron chi connectivity index (χ2n) is 5.89. The summed E-state index contributed by atoms with van der Waals surface area (Å²) in [6.45, 7) is 9.30. The fourth-order valence-corrected chi connectivity index (χ4v) is 3.44. The number of nitrogens with one attached hydrogen (secondary N) is 1. The number of anilines is 1. The molecule has 2 heterocycles. The molecule has 3 rings (SSSR count). The van der Waals surface area contributed by atoms with Crippen molar-refractivity contribution >= 4 is 5.69 Å². The zero-order chi connectivity index (χ0) is 11.9. The summed E-state index contributed by atoms with van der Waals surface area (Å²) in [6, 6.07) is 6.83. The van der Waals surface area contributed by atoms with Crippen molar-refractivity contribution in [1.82, 2.24) is 5.32 Å². The number of hydrogen-bond donors (Lipinski definition) is 1.